The number of benzene rings is 1. The van der Waals surface area contributed by atoms with Crippen molar-refractivity contribution in [3.63, 3.8) is 0 Å². The lowest BCUT2D eigenvalue weighted by atomic mass is 9.91. The van der Waals surface area contributed by atoms with Crippen molar-refractivity contribution in [3.05, 3.63) is 64.4 Å². The van der Waals surface area contributed by atoms with Crippen LogP contribution in [0.4, 0.5) is 8.78 Å². The molecule has 1 saturated carbocycles. The molecule has 170 valence electrons. The molecule has 9 heteroatoms. The molecule has 2 amide bonds. The Bertz CT molecular complexity index is 1140. The summed E-state index contributed by atoms with van der Waals surface area (Å²) in [5.41, 5.74) is 0.166. The number of alkyl halides is 2. The van der Waals surface area contributed by atoms with Gasteiger partial charge in [-0.15, -0.1) is 0 Å². The van der Waals surface area contributed by atoms with Crippen molar-refractivity contribution >= 4 is 35.6 Å². The number of nitrogens with one attached hydrogen (secondary N) is 1. The number of rotatable bonds is 6. The maximum atomic E-state index is 14.1. The first-order valence-corrected chi connectivity index (χ1v) is 10.9. The molecule has 33 heavy (non-hydrogen) atoms. The Kier molecular flexibility index (Phi) is 6.17. The van der Waals surface area contributed by atoms with Gasteiger partial charge in [0.05, 0.1) is 25.6 Å². The molecule has 6 nitrogen and oxygen atoms in total. The number of carbonyl (C=O) groups excluding carboxylic acids is 2. The fraction of sp³-hybridized carbons (Fsp3) is 0.333. The van der Waals surface area contributed by atoms with Gasteiger partial charge in [-0.3, -0.25) is 14.6 Å². The molecule has 2 aliphatic rings. The maximum absolute atomic E-state index is 14.1. The zero-order valence-corrected chi connectivity index (χ0v) is 18.4. The quantitative estimate of drug-likeness (QED) is 0.686. The summed E-state index contributed by atoms with van der Waals surface area (Å²) in [7, 11) is 0. The van der Waals surface area contributed by atoms with Crippen LogP contribution >= 0.6 is 11.6 Å². The molecule has 1 unspecified atom stereocenters. The predicted octanol–water partition coefficient (Wildman–Crippen LogP) is 4.18. The van der Waals surface area contributed by atoms with Gasteiger partial charge in [0.2, 0.25) is 5.91 Å². The highest BCUT2D eigenvalue weighted by Crippen LogP contribution is 2.52. The largest absolute Gasteiger partial charge is 0.343 e. The van der Waals surface area contributed by atoms with Crippen LogP contribution < -0.4 is 5.32 Å². The van der Waals surface area contributed by atoms with Gasteiger partial charge in [-0.25, -0.2) is 8.78 Å². The third kappa shape index (κ3) is 4.88. The molecule has 1 aromatic heterocycles. The highest BCUT2D eigenvalue weighted by molar-refractivity contribution is 6.30. The van der Waals surface area contributed by atoms with Crippen molar-refractivity contribution in [1.29, 1.82) is 5.26 Å². The Hall–Kier alpha value is -3.31. The summed E-state index contributed by atoms with van der Waals surface area (Å²) in [6, 6.07) is 10.6. The van der Waals surface area contributed by atoms with E-state index in [9.17, 15) is 23.6 Å². The molecule has 0 bridgehead atoms. The Balaban J connectivity index is 1.45. The Morgan fingerprint density at radius 3 is 2.64 bits per heavy atom. The van der Waals surface area contributed by atoms with Crippen molar-refractivity contribution in [2.75, 3.05) is 13.1 Å². The van der Waals surface area contributed by atoms with Crippen LogP contribution in [0.3, 0.4) is 0 Å². The smallest absolute Gasteiger partial charge is 0.268 e. The minimum Gasteiger partial charge on any atom is -0.343 e. The second-order valence-electron chi connectivity index (χ2n) is 8.35. The summed E-state index contributed by atoms with van der Waals surface area (Å²) < 4.78 is 28.3. The molecule has 1 N–H and O–H groups in total. The summed E-state index contributed by atoms with van der Waals surface area (Å²) in [5.74, 6) is -4.61. The van der Waals surface area contributed by atoms with E-state index >= 15 is 0 Å². The highest BCUT2D eigenvalue weighted by atomic mass is 35.5. The number of amides is 2. The second kappa shape index (κ2) is 8.91. The number of hydrogen-bond acceptors (Lipinski definition) is 4. The number of likely N-dealkylation sites (tertiary alicyclic amines) is 1. The van der Waals surface area contributed by atoms with Crippen molar-refractivity contribution in [1.82, 2.24) is 15.2 Å². The summed E-state index contributed by atoms with van der Waals surface area (Å²) in [6.07, 6.45) is 7.08. The Labute approximate surface area is 194 Å². The number of halogens is 3. The lowest BCUT2D eigenvalue weighted by Crippen LogP contribution is -2.51. The van der Waals surface area contributed by atoms with Crippen LogP contribution in [0.5, 0.6) is 0 Å². The number of aromatic nitrogens is 1. The van der Waals surface area contributed by atoms with Gasteiger partial charge in [0.25, 0.3) is 11.8 Å². The zero-order chi connectivity index (χ0) is 23.6. The lowest BCUT2D eigenvalue weighted by molar-refractivity contribution is -0.134. The number of carbonyl (C=O) groups is 2. The second-order valence-corrected chi connectivity index (χ2v) is 8.79. The number of pyridine rings is 1. The van der Waals surface area contributed by atoms with Crippen LogP contribution in [-0.4, -0.2) is 46.2 Å². The van der Waals surface area contributed by atoms with E-state index in [4.69, 9.17) is 11.6 Å². The molecule has 1 saturated heterocycles. The van der Waals surface area contributed by atoms with E-state index in [1.165, 1.54) is 18.5 Å². The van der Waals surface area contributed by atoms with E-state index < -0.39 is 42.8 Å². The Morgan fingerprint density at radius 2 is 1.97 bits per heavy atom. The van der Waals surface area contributed by atoms with Gasteiger partial charge in [0, 0.05) is 28.5 Å². The highest BCUT2D eigenvalue weighted by Gasteiger charge is 2.62. The molecule has 2 fully saturated rings. The van der Waals surface area contributed by atoms with E-state index in [0.717, 1.165) is 10.5 Å². The molecule has 1 aliphatic carbocycles. The third-order valence-electron chi connectivity index (χ3n) is 5.97. The summed E-state index contributed by atoms with van der Waals surface area (Å²) in [4.78, 5) is 30.6. The van der Waals surface area contributed by atoms with Gasteiger partial charge in [-0.05, 0) is 42.5 Å². The van der Waals surface area contributed by atoms with E-state index in [-0.39, 0.29) is 11.5 Å². The van der Waals surface area contributed by atoms with Crippen LogP contribution in [0, 0.1) is 17.2 Å². The fourth-order valence-electron chi connectivity index (χ4n) is 4.20. The monoisotopic (exact) mass is 470 g/mol. The topological polar surface area (TPSA) is 86.1 Å². The molecule has 1 aromatic carbocycles. The summed E-state index contributed by atoms with van der Waals surface area (Å²) >= 11 is 5.89. The van der Waals surface area contributed by atoms with E-state index in [1.807, 2.05) is 18.2 Å². The van der Waals surface area contributed by atoms with Crippen LogP contribution in [-0.2, 0) is 4.79 Å². The number of nitrogens with zero attached hydrogens (tertiary/aromatic N) is 3. The minimum absolute atomic E-state index is 0.250. The number of hydrogen-bond donors (Lipinski definition) is 1. The van der Waals surface area contributed by atoms with Crippen LogP contribution in [0.1, 0.15) is 40.7 Å². The van der Waals surface area contributed by atoms with Crippen molar-refractivity contribution < 1.29 is 18.4 Å². The molecule has 0 radical (unpaired) electrons. The standard InChI is InChI=1S/C24H21ClF2N4O2/c25-19-7-2-16(3-8-19)1-4-17-11-29-10-9-20(17)22(33)30-12-21(32)31-15-24(26,27)13-23(31,14-28)18-5-6-18/h1-4,7-11,18H,5-6,12-13,15H2,(H,30,33). The van der Waals surface area contributed by atoms with Crippen LogP contribution in [0.25, 0.3) is 12.2 Å². The van der Waals surface area contributed by atoms with Crippen molar-refractivity contribution in [2.45, 2.75) is 30.7 Å². The van der Waals surface area contributed by atoms with Crippen LogP contribution in [0.2, 0.25) is 5.02 Å². The maximum Gasteiger partial charge on any atom is 0.268 e. The molecular weight excluding hydrogens is 450 g/mol. The summed E-state index contributed by atoms with van der Waals surface area (Å²) in [5, 5.41) is 12.8. The Morgan fingerprint density at radius 1 is 1.24 bits per heavy atom. The van der Waals surface area contributed by atoms with Gasteiger partial charge >= 0.3 is 0 Å². The SMILES string of the molecule is N#CC1(C2CC2)CC(F)(F)CN1C(=O)CNC(=O)c1ccncc1C=Cc1ccc(Cl)cc1. The van der Waals surface area contributed by atoms with Crippen molar-refractivity contribution in [2.24, 2.45) is 5.92 Å². The molecular formula is C24H21ClF2N4O2. The van der Waals surface area contributed by atoms with Gasteiger partial charge < -0.3 is 10.2 Å². The number of nitriles is 1. The first kappa shape index (κ1) is 22.9. The third-order valence-corrected chi connectivity index (χ3v) is 6.22. The molecule has 1 aliphatic heterocycles. The zero-order valence-electron chi connectivity index (χ0n) is 17.6. The van der Waals surface area contributed by atoms with Gasteiger partial charge in [-0.1, -0.05) is 35.9 Å². The first-order chi connectivity index (χ1) is 15.7. The average molecular weight is 471 g/mol. The van der Waals surface area contributed by atoms with E-state index in [1.54, 1.807) is 24.3 Å². The first-order valence-electron chi connectivity index (χ1n) is 10.5. The molecule has 4 rings (SSSR count). The van der Waals surface area contributed by atoms with Gasteiger partial charge in [-0.2, -0.15) is 5.26 Å². The van der Waals surface area contributed by atoms with Crippen molar-refractivity contribution in [3.8, 4) is 6.07 Å². The molecule has 1 atom stereocenters. The molecule has 2 aromatic rings. The van der Waals surface area contributed by atoms with E-state index in [2.05, 4.69) is 10.3 Å². The average Bonchev–Trinajstić information content (AvgIpc) is 3.61. The summed E-state index contributed by atoms with van der Waals surface area (Å²) in [6.45, 7) is -1.29. The lowest BCUT2D eigenvalue weighted by Gasteiger charge is -2.31. The molecule has 0 spiro atoms. The normalized spacial score (nSPS) is 21.7. The fourth-order valence-corrected chi connectivity index (χ4v) is 4.32. The minimum atomic E-state index is -3.12. The van der Waals surface area contributed by atoms with Gasteiger partial charge in [0.15, 0.2) is 0 Å². The predicted molar refractivity (Wildman–Crippen MR) is 119 cm³/mol. The van der Waals surface area contributed by atoms with E-state index in [0.29, 0.717) is 23.4 Å². The van der Waals surface area contributed by atoms with Gasteiger partial charge in [0.1, 0.15) is 5.54 Å². The van der Waals surface area contributed by atoms with Crippen LogP contribution in [0.15, 0.2) is 42.7 Å². The molecule has 2 heterocycles.